The van der Waals surface area contributed by atoms with Crippen molar-refractivity contribution in [2.75, 3.05) is 6.61 Å². The van der Waals surface area contributed by atoms with Crippen LogP contribution in [0.4, 0.5) is 0 Å². The number of phenols is 1. The molecule has 2 aliphatic heterocycles. The summed E-state index contributed by atoms with van der Waals surface area (Å²) in [6.45, 7) is 25.4. The summed E-state index contributed by atoms with van der Waals surface area (Å²) >= 11 is 0. The molecular weight excluding hydrogens is 953 g/mol. The van der Waals surface area contributed by atoms with Gasteiger partial charge >= 0.3 is 29.8 Å². The van der Waals surface area contributed by atoms with Crippen LogP contribution in [0.25, 0.3) is 0 Å². The number of carbonyl (C=O) groups is 5. The number of hydrogen-bond acceptors (Lipinski definition) is 13. The minimum atomic E-state index is -0.842. The molecule has 8 atom stereocenters. The fourth-order valence-corrected chi connectivity index (χ4v) is 12.2. The van der Waals surface area contributed by atoms with Gasteiger partial charge < -0.3 is 39.0 Å². The summed E-state index contributed by atoms with van der Waals surface area (Å²) in [5, 5.41) is 30.5. The quantitative estimate of drug-likeness (QED) is 0.118. The predicted octanol–water partition coefficient (Wildman–Crippen LogP) is 13.8. The van der Waals surface area contributed by atoms with Crippen molar-refractivity contribution >= 4 is 29.8 Å². The molecule has 0 amide bonds. The molecule has 8 bridgehead atoms. The van der Waals surface area contributed by atoms with Crippen LogP contribution in [-0.4, -0.2) is 86.4 Å². The normalized spacial score (nSPS) is 29.6. The number of ether oxygens (including phenoxy) is 5. The maximum absolute atomic E-state index is 12.4. The number of fused-ring (bicyclic) bond motifs is 1. The van der Waals surface area contributed by atoms with Crippen LogP contribution in [-0.2, 0) is 47.7 Å². The van der Waals surface area contributed by atoms with Crippen LogP contribution in [0.2, 0.25) is 0 Å². The second-order valence-electron chi connectivity index (χ2n) is 25.2. The van der Waals surface area contributed by atoms with E-state index in [9.17, 15) is 34.2 Å². The number of aromatic hydroxyl groups is 1. The summed E-state index contributed by atoms with van der Waals surface area (Å²) in [5.41, 5.74) is -2.76. The van der Waals surface area contributed by atoms with Gasteiger partial charge in [0.1, 0.15) is 29.2 Å². The first kappa shape index (κ1) is 69.3. The molecule has 0 spiro atoms. The van der Waals surface area contributed by atoms with E-state index in [0.29, 0.717) is 49.2 Å². The lowest BCUT2D eigenvalue weighted by molar-refractivity contribution is -0.264. The molecule has 1 aromatic carbocycles. The Morgan fingerprint density at radius 2 is 1.24 bits per heavy atom. The van der Waals surface area contributed by atoms with Crippen molar-refractivity contribution < 1.29 is 63.0 Å². The van der Waals surface area contributed by atoms with Gasteiger partial charge in [-0.1, -0.05) is 90.3 Å². The third-order valence-corrected chi connectivity index (χ3v) is 17.9. The molecule has 9 fully saturated rings. The van der Waals surface area contributed by atoms with Gasteiger partial charge in [-0.15, -0.1) is 0 Å². The Bertz CT molecular complexity index is 2000. The molecule has 75 heavy (non-hydrogen) atoms. The van der Waals surface area contributed by atoms with E-state index in [1.807, 2.05) is 66.7 Å². The summed E-state index contributed by atoms with van der Waals surface area (Å²) in [6.07, 6.45) is 14.1. The van der Waals surface area contributed by atoms with E-state index >= 15 is 0 Å². The van der Waals surface area contributed by atoms with Crippen molar-refractivity contribution in [3.63, 3.8) is 0 Å². The molecule has 0 aromatic heterocycles. The van der Waals surface area contributed by atoms with Crippen molar-refractivity contribution in [3.05, 3.63) is 29.8 Å². The summed E-state index contributed by atoms with van der Waals surface area (Å²) in [7, 11) is 0. The van der Waals surface area contributed by atoms with Gasteiger partial charge in [-0.05, 0) is 179 Å². The average molecular weight is 1060 g/mol. The molecule has 3 N–H and O–H groups in total. The Labute approximate surface area is 455 Å². The van der Waals surface area contributed by atoms with Gasteiger partial charge in [-0.2, -0.15) is 0 Å². The second kappa shape index (κ2) is 27.2. The molecule has 10 rings (SSSR count). The van der Waals surface area contributed by atoms with Gasteiger partial charge in [-0.3, -0.25) is 19.2 Å². The lowest BCUT2D eigenvalue weighted by atomic mass is 9.50. The topological polar surface area (TPSA) is 192 Å². The molecule has 2 saturated heterocycles. The van der Waals surface area contributed by atoms with E-state index in [0.717, 1.165) is 77.0 Å². The third kappa shape index (κ3) is 17.1. The SMILES string of the molecule is C.C.C.C.CCC(C)(C)C(=O)OC1(C(C)C)CCCC1.CCC(C)(C)C(=O)OC12CC3CC(O)(CC(O)(C3)C1)C2.CCC(C)(C)C(=O)OCC(=O)OC1C2CC3CC(C2)C(=O)OC1C3.CCC(C)c1cccc(O)c1. The smallest absolute Gasteiger partial charge is 0.344 e. The lowest BCUT2D eigenvalue weighted by Gasteiger charge is -2.62. The van der Waals surface area contributed by atoms with Crippen molar-refractivity contribution in [2.45, 2.75) is 276 Å². The monoisotopic (exact) mass is 1060 g/mol. The number of phenolic OH excluding ortho intramolecular Hbond substituents is 1. The van der Waals surface area contributed by atoms with Crippen molar-refractivity contribution in [2.24, 2.45) is 45.8 Å². The molecule has 13 nitrogen and oxygen atoms in total. The summed E-state index contributed by atoms with van der Waals surface area (Å²) in [4.78, 5) is 60.6. The largest absolute Gasteiger partial charge is 0.508 e. The van der Waals surface area contributed by atoms with Gasteiger partial charge in [0.2, 0.25) is 0 Å². The molecule has 8 unspecified atom stereocenters. The first-order chi connectivity index (χ1) is 33.0. The van der Waals surface area contributed by atoms with E-state index in [-0.39, 0.29) is 89.1 Å². The number of benzene rings is 1. The predicted molar refractivity (Wildman–Crippen MR) is 298 cm³/mol. The molecule has 0 radical (unpaired) electrons. The molecular formula is C62H108O13. The Morgan fingerprint density at radius 3 is 1.73 bits per heavy atom. The first-order valence-electron chi connectivity index (χ1n) is 27.2. The Morgan fingerprint density at radius 1 is 0.707 bits per heavy atom. The Balaban J connectivity index is 0.000000507. The lowest BCUT2D eigenvalue weighted by Crippen LogP contribution is -2.67. The fraction of sp³-hybridized carbons (Fsp3) is 0.823. The Kier molecular flexibility index (Phi) is 25.2. The van der Waals surface area contributed by atoms with E-state index < -0.39 is 45.7 Å². The zero-order valence-corrected chi connectivity index (χ0v) is 45.8. The third-order valence-electron chi connectivity index (χ3n) is 17.9. The van der Waals surface area contributed by atoms with Crippen molar-refractivity contribution in [1.82, 2.24) is 0 Å². The van der Waals surface area contributed by atoms with Crippen LogP contribution in [0, 0.1) is 45.8 Å². The first-order valence-corrected chi connectivity index (χ1v) is 27.2. The van der Waals surface area contributed by atoms with Crippen LogP contribution in [0.5, 0.6) is 5.75 Å². The molecule has 1 aromatic rings. The van der Waals surface area contributed by atoms with Gasteiger partial charge in [0.05, 0.1) is 33.4 Å². The highest BCUT2D eigenvalue weighted by Crippen LogP contribution is 2.61. The summed E-state index contributed by atoms with van der Waals surface area (Å²) in [5.74, 6) is 0.871. The highest BCUT2D eigenvalue weighted by Gasteiger charge is 2.65. The van der Waals surface area contributed by atoms with Gasteiger partial charge in [0, 0.05) is 25.2 Å². The van der Waals surface area contributed by atoms with E-state index in [1.54, 1.807) is 19.9 Å². The van der Waals surface area contributed by atoms with E-state index in [1.165, 1.54) is 18.4 Å². The molecule has 2 heterocycles. The minimum absolute atomic E-state index is 0. The van der Waals surface area contributed by atoms with E-state index in [2.05, 4.69) is 27.7 Å². The molecule has 13 heteroatoms. The highest BCUT2D eigenvalue weighted by atomic mass is 16.6. The van der Waals surface area contributed by atoms with Crippen LogP contribution in [0.15, 0.2) is 24.3 Å². The molecule has 434 valence electrons. The number of hydrogen-bond donors (Lipinski definition) is 3. The van der Waals surface area contributed by atoms with Gasteiger partial charge in [-0.25, -0.2) is 4.79 Å². The number of rotatable bonds is 14. The molecule has 7 aliphatic carbocycles. The standard InChI is InChI=1S/C18H26O6.C16H26O4.C14H26O2.C10H14O.4CH4/c1-4-18(2,3)17(21)22-9-14(19)24-15-11-5-10-6-12(8-11)16(20)23-13(15)7-10;1-4-13(2,3)12(17)20-16-7-11-5-14(18,9-16)8-15(19,6-11)10-16;1-6-13(4,5)12(15)16-14(11(2)3)9-7-8-10-14;1-3-8(2)9-5-4-6-10(11)7-9;;;;/h10-13,15H,4-9H2,1-3H3;11,18-19H,4-10H2,1-3H3;11H,6-10H2,1-5H3;4-8,11H,3H2,1-2H3;4*1H4. The number of aliphatic hydroxyl groups is 2. The zero-order chi connectivity index (χ0) is 53.0. The highest BCUT2D eigenvalue weighted by molar-refractivity contribution is 5.80. The van der Waals surface area contributed by atoms with Crippen molar-refractivity contribution in [1.29, 1.82) is 0 Å². The Hall–Kier alpha value is -3.71. The van der Waals surface area contributed by atoms with Crippen molar-refractivity contribution in [3.8, 4) is 5.75 Å². The fourth-order valence-electron chi connectivity index (χ4n) is 12.2. The van der Waals surface area contributed by atoms with Gasteiger partial charge in [0.15, 0.2) is 6.61 Å². The number of carbonyl (C=O) groups excluding carboxylic acids is 5. The van der Waals surface area contributed by atoms with E-state index in [4.69, 9.17) is 28.8 Å². The molecule has 7 saturated carbocycles. The molecule has 9 aliphatic rings. The second-order valence-corrected chi connectivity index (χ2v) is 25.2. The summed E-state index contributed by atoms with van der Waals surface area (Å²) in [6, 6.07) is 7.46. The average Bonchev–Trinajstić information content (AvgIpc) is 3.71. The minimum Gasteiger partial charge on any atom is -0.508 e. The zero-order valence-electron chi connectivity index (χ0n) is 45.8. The van der Waals surface area contributed by atoms with Gasteiger partial charge in [0.25, 0.3) is 0 Å². The van der Waals surface area contributed by atoms with Crippen LogP contribution in [0.3, 0.4) is 0 Å². The van der Waals surface area contributed by atoms with Crippen LogP contribution >= 0.6 is 0 Å². The summed E-state index contributed by atoms with van der Waals surface area (Å²) < 4.78 is 27.9. The number of esters is 5. The maximum Gasteiger partial charge on any atom is 0.344 e. The maximum atomic E-state index is 12.4. The van der Waals surface area contributed by atoms with Crippen LogP contribution in [0.1, 0.15) is 247 Å². The van der Waals surface area contributed by atoms with Crippen LogP contribution < -0.4 is 0 Å².